The summed E-state index contributed by atoms with van der Waals surface area (Å²) in [5, 5.41) is 8.73. The van der Waals surface area contributed by atoms with Crippen molar-refractivity contribution in [1.29, 1.82) is 0 Å². The Labute approximate surface area is 96.9 Å². The molecule has 0 radical (unpaired) electrons. The van der Waals surface area contributed by atoms with Crippen LogP contribution < -0.4 is 0 Å². The standard InChI is InChI=1S/C11H11FN2O3/c12-9-4-1-7(5-13-9)11(17)14(6-10(15)16)8-2-3-8/h1,4-5,8H,2-3,6H2,(H,15,16). The lowest BCUT2D eigenvalue weighted by molar-refractivity contribution is -0.137. The molecule has 0 spiro atoms. The quantitative estimate of drug-likeness (QED) is 0.791. The Balaban J connectivity index is 2.15. The molecule has 1 amide bonds. The molecule has 1 aromatic heterocycles. The van der Waals surface area contributed by atoms with Gasteiger partial charge in [-0.05, 0) is 25.0 Å². The second-order valence-electron chi connectivity index (χ2n) is 3.93. The van der Waals surface area contributed by atoms with Gasteiger partial charge in [0.25, 0.3) is 5.91 Å². The van der Waals surface area contributed by atoms with Crippen LogP contribution in [0.1, 0.15) is 23.2 Å². The van der Waals surface area contributed by atoms with Gasteiger partial charge < -0.3 is 10.0 Å². The fourth-order valence-electron chi connectivity index (χ4n) is 1.57. The van der Waals surface area contributed by atoms with Gasteiger partial charge in [0.2, 0.25) is 5.95 Å². The number of carboxylic acids is 1. The van der Waals surface area contributed by atoms with Crippen LogP contribution in [0.3, 0.4) is 0 Å². The van der Waals surface area contributed by atoms with Gasteiger partial charge >= 0.3 is 5.97 Å². The maximum Gasteiger partial charge on any atom is 0.323 e. The van der Waals surface area contributed by atoms with Crippen molar-refractivity contribution in [2.45, 2.75) is 18.9 Å². The van der Waals surface area contributed by atoms with Gasteiger partial charge in [0.15, 0.2) is 0 Å². The van der Waals surface area contributed by atoms with Gasteiger partial charge in [-0.3, -0.25) is 9.59 Å². The smallest absolute Gasteiger partial charge is 0.323 e. The van der Waals surface area contributed by atoms with Crippen LogP contribution in [0.2, 0.25) is 0 Å². The Kier molecular flexibility index (Phi) is 3.03. The van der Waals surface area contributed by atoms with Crippen molar-refractivity contribution in [2.24, 2.45) is 0 Å². The Morgan fingerprint density at radius 3 is 2.65 bits per heavy atom. The lowest BCUT2D eigenvalue weighted by Gasteiger charge is -2.19. The molecule has 0 aromatic carbocycles. The normalized spacial score (nSPS) is 14.4. The number of rotatable bonds is 4. The van der Waals surface area contributed by atoms with Crippen molar-refractivity contribution in [3.05, 3.63) is 29.8 Å². The molecular weight excluding hydrogens is 227 g/mol. The third-order valence-electron chi connectivity index (χ3n) is 2.53. The summed E-state index contributed by atoms with van der Waals surface area (Å²) in [4.78, 5) is 27.3. The average molecular weight is 238 g/mol. The minimum atomic E-state index is -1.06. The van der Waals surface area contributed by atoms with E-state index in [0.29, 0.717) is 0 Å². The lowest BCUT2D eigenvalue weighted by Crippen LogP contribution is -2.37. The van der Waals surface area contributed by atoms with Gasteiger partial charge in [-0.1, -0.05) is 0 Å². The number of carbonyl (C=O) groups excluding carboxylic acids is 1. The van der Waals surface area contributed by atoms with Crippen LogP contribution in [0.15, 0.2) is 18.3 Å². The molecule has 1 aromatic rings. The van der Waals surface area contributed by atoms with E-state index in [1.165, 1.54) is 11.0 Å². The maximum atomic E-state index is 12.6. The first-order valence-corrected chi connectivity index (χ1v) is 5.22. The molecule has 1 heterocycles. The maximum absolute atomic E-state index is 12.6. The molecule has 1 N–H and O–H groups in total. The Morgan fingerprint density at radius 1 is 1.47 bits per heavy atom. The lowest BCUT2D eigenvalue weighted by atomic mass is 10.2. The molecule has 2 rings (SSSR count). The van der Waals surface area contributed by atoms with E-state index in [1.807, 2.05) is 0 Å². The first-order valence-electron chi connectivity index (χ1n) is 5.22. The van der Waals surface area contributed by atoms with Crippen LogP contribution in [-0.2, 0) is 4.79 Å². The molecular formula is C11H11FN2O3. The van der Waals surface area contributed by atoms with Gasteiger partial charge in [0.05, 0.1) is 5.56 Å². The van der Waals surface area contributed by atoms with E-state index in [4.69, 9.17) is 5.11 Å². The molecule has 17 heavy (non-hydrogen) atoms. The summed E-state index contributed by atoms with van der Waals surface area (Å²) < 4.78 is 12.6. The fourth-order valence-corrected chi connectivity index (χ4v) is 1.57. The molecule has 1 aliphatic carbocycles. The third kappa shape index (κ3) is 2.77. The predicted molar refractivity (Wildman–Crippen MR) is 55.9 cm³/mol. The molecule has 0 unspecified atom stereocenters. The van der Waals surface area contributed by atoms with E-state index in [0.717, 1.165) is 25.1 Å². The van der Waals surface area contributed by atoms with E-state index in [9.17, 15) is 14.0 Å². The number of carboxylic acid groups (broad SMARTS) is 1. The summed E-state index contributed by atoms with van der Waals surface area (Å²) in [6.07, 6.45) is 2.75. The van der Waals surface area contributed by atoms with Crippen LogP contribution in [0.25, 0.3) is 0 Å². The van der Waals surface area contributed by atoms with Crippen molar-refractivity contribution < 1.29 is 19.1 Å². The minimum Gasteiger partial charge on any atom is -0.480 e. The zero-order chi connectivity index (χ0) is 12.4. The first kappa shape index (κ1) is 11.5. The minimum absolute atomic E-state index is 0.0105. The van der Waals surface area contributed by atoms with Crippen LogP contribution in [0, 0.1) is 5.95 Å². The summed E-state index contributed by atoms with van der Waals surface area (Å²) >= 11 is 0. The van der Waals surface area contributed by atoms with Crippen LogP contribution in [0.4, 0.5) is 4.39 Å². The zero-order valence-corrected chi connectivity index (χ0v) is 8.97. The van der Waals surface area contributed by atoms with Crippen LogP contribution in [-0.4, -0.2) is 39.5 Å². The molecule has 90 valence electrons. The van der Waals surface area contributed by atoms with Crippen molar-refractivity contribution in [2.75, 3.05) is 6.54 Å². The molecule has 1 aliphatic rings. The van der Waals surface area contributed by atoms with Gasteiger partial charge in [-0.2, -0.15) is 4.39 Å². The highest BCUT2D eigenvalue weighted by Gasteiger charge is 2.34. The molecule has 0 bridgehead atoms. The second kappa shape index (κ2) is 4.48. The van der Waals surface area contributed by atoms with Gasteiger partial charge in [0, 0.05) is 12.2 Å². The van der Waals surface area contributed by atoms with E-state index in [2.05, 4.69) is 4.98 Å². The zero-order valence-electron chi connectivity index (χ0n) is 8.97. The summed E-state index contributed by atoms with van der Waals surface area (Å²) in [6.45, 7) is -0.332. The Hall–Kier alpha value is -1.98. The molecule has 1 saturated carbocycles. The van der Waals surface area contributed by atoms with Gasteiger partial charge in [-0.25, -0.2) is 4.98 Å². The highest BCUT2D eigenvalue weighted by Crippen LogP contribution is 2.27. The highest BCUT2D eigenvalue weighted by molar-refractivity contribution is 5.95. The topological polar surface area (TPSA) is 70.5 Å². The molecule has 0 atom stereocenters. The first-order chi connectivity index (χ1) is 8.08. The SMILES string of the molecule is O=C(O)CN(C(=O)c1ccc(F)nc1)C1CC1. The van der Waals surface area contributed by atoms with E-state index in [-0.39, 0.29) is 18.2 Å². The highest BCUT2D eigenvalue weighted by atomic mass is 19.1. The van der Waals surface area contributed by atoms with E-state index in [1.54, 1.807) is 0 Å². The summed E-state index contributed by atoms with van der Waals surface area (Å²) in [5.74, 6) is -2.14. The molecule has 6 heteroatoms. The Bertz CT molecular complexity index is 443. The summed E-state index contributed by atoms with van der Waals surface area (Å²) in [6, 6.07) is 2.38. The predicted octanol–water partition coefficient (Wildman–Crippen LogP) is 0.910. The van der Waals surface area contributed by atoms with Gasteiger partial charge in [-0.15, -0.1) is 0 Å². The number of halogens is 1. The van der Waals surface area contributed by atoms with E-state index >= 15 is 0 Å². The third-order valence-corrected chi connectivity index (χ3v) is 2.53. The van der Waals surface area contributed by atoms with Crippen molar-refractivity contribution in [3.63, 3.8) is 0 Å². The Morgan fingerprint density at radius 2 is 2.18 bits per heavy atom. The largest absolute Gasteiger partial charge is 0.480 e. The van der Waals surface area contributed by atoms with Crippen LogP contribution in [0.5, 0.6) is 0 Å². The summed E-state index contributed by atoms with van der Waals surface area (Å²) in [7, 11) is 0. The average Bonchev–Trinajstić information content (AvgIpc) is 3.09. The fraction of sp³-hybridized carbons (Fsp3) is 0.364. The van der Waals surface area contributed by atoms with Gasteiger partial charge in [0.1, 0.15) is 6.54 Å². The summed E-state index contributed by atoms with van der Waals surface area (Å²) in [5.41, 5.74) is 0.208. The molecule has 0 aliphatic heterocycles. The number of nitrogens with zero attached hydrogens (tertiary/aromatic N) is 2. The number of carbonyl (C=O) groups is 2. The number of hydrogen-bond donors (Lipinski definition) is 1. The molecule has 0 saturated heterocycles. The van der Waals surface area contributed by atoms with E-state index < -0.39 is 17.8 Å². The number of pyridine rings is 1. The number of aromatic nitrogens is 1. The molecule has 1 fully saturated rings. The monoisotopic (exact) mass is 238 g/mol. The number of hydrogen-bond acceptors (Lipinski definition) is 3. The second-order valence-corrected chi connectivity index (χ2v) is 3.93. The van der Waals surface area contributed by atoms with Crippen molar-refractivity contribution in [1.82, 2.24) is 9.88 Å². The van der Waals surface area contributed by atoms with Crippen molar-refractivity contribution in [3.8, 4) is 0 Å². The number of aliphatic carboxylic acids is 1. The molecule has 5 nitrogen and oxygen atoms in total. The van der Waals surface area contributed by atoms with Crippen LogP contribution >= 0.6 is 0 Å². The number of amides is 1. The van der Waals surface area contributed by atoms with Crippen molar-refractivity contribution >= 4 is 11.9 Å².